The van der Waals surface area contributed by atoms with E-state index in [2.05, 4.69) is 48.1 Å². The molecule has 0 amide bonds. The van der Waals surface area contributed by atoms with Crippen molar-refractivity contribution in [2.45, 2.75) is 111 Å². The van der Waals surface area contributed by atoms with E-state index in [0.717, 1.165) is 56.9 Å². The molecule has 4 rings (SSSR count). The molecular weight excluding hydrogens is 396 g/mol. The van der Waals surface area contributed by atoms with E-state index in [9.17, 15) is 15.0 Å². The largest absolute Gasteiger partial charge is 0.393 e. The van der Waals surface area contributed by atoms with Crippen molar-refractivity contribution in [2.75, 3.05) is 0 Å². The molecule has 4 aliphatic carbocycles. The Kier molecular flexibility index (Phi) is 6.28. The monoisotopic (exact) mass is 444 g/mol. The molecule has 4 aliphatic rings. The molecule has 0 heterocycles. The summed E-state index contributed by atoms with van der Waals surface area (Å²) in [7, 11) is 0. The third-order valence-electron chi connectivity index (χ3n) is 11.6. The number of Topliss-reactive ketones (excluding diaryl/α,β-unsaturated/α-hetero) is 1. The third kappa shape index (κ3) is 3.47. The minimum atomic E-state index is -0.583. The number of carbonyl (C=O) groups excluding carboxylic acids is 1. The van der Waals surface area contributed by atoms with Gasteiger partial charge in [-0.05, 0) is 109 Å². The first kappa shape index (κ1) is 24.5. The van der Waals surface area contributed by atoms with Crippen LogP contribution in [0.5, 0.6) is 0 Å². The first-order valence-corrected chi connectivity index (χ1v) is 13.5. The molecule has 0 spiro atoms. The van der Waals surface area contributed by atoms with E-state index in [1.54, 1.807) is 0 Å². The molecule has 10 unspecified atom stereocenters. The van der Waals surface area contributed by atoms with Crippen molar-refractivity contribution in [3.8, 4) is 0 Å². The fraction of sp³-hybridized carbons (Fsp3) is 0.897. The molecule has 32 heavy (non-hydrogen) atoms. The van der Waals surface area contributed by atoms with Crippen LogP contribution in [-0.2, 0) is 4.79 Å². The second kappa shape index (κ2) is 8.22. The number of ketones is 1. The second-order valence-corrected chi connectivity index (χ2v) is 13.2. The first-order valence-electron chi connectivity index (χ1n) is 13.5. The van der Waals surface area contributed by atoms with Crippen LogP contribution in [0.4, 0.5) is 0 Å². The fourth-order valence-corrected chi connectivity index (χ4v) is 9.65. The topological polar surface area (TPSA) is 57.5 Å². The number of hydrogen-bond acceptors (Lipinski definition) is 3. The third-order valence-corrected chi connectivity index (χ3v) is 11.6. The maximum Gasteiger partial charge on any atom is 0.158 e. The lowest BCUT2D eigenvalue weighted by atomic mass is 9.41. The van der Waals surface area contributed by atoms with E-state index in [1.165, 1.54) is 0 Å². The van der Waals surface area contributed by atoms with Gasteiger partial charge >= 0.3 is 0 Å². The molecule has 4 fully saturated rings. The Bertz CT molecular complexity index is 758. The Morgan fingerprint density at radius 2 is 1.59 bits per heavy atom. The minimum absolute atomic E-state index is 0.118. The lowest BCUT2D eigenvalue weighted by Gasteiger charge is -2.65. The van der Waals surface area contributed by atoms with Crippen LogP contribution in [0.25, 0.3) is 0 Å². The molecule has 0 aromatic heterocycles. The Morgan fingerprint density at radius 1 is 0.969 bits per heavy atom. The van der Waals surface area contributed by atoms with Crippen molar-refractivity contribution in [3.05, 3.63) is 12.2 Å². The molecule has 0 aromatic carbocycles. The number of hydrogen-bond donors (Lipinski definition) is 2. The van der Waals surface area contributed by atoms with Gasteiger partial charge in [0.15, 0.2) is 5.78 Å². The number of carbonyl (C=O) groups is 1. The zero-order valence-electron chi connectivity index (χ0n) is 21.5. The number of allylic oxidation sites excluding steroid dienone is 1. The standard InChI is InChI=1S/C29H48O3/c1-17(2)19(4)24(31)16-18(3)21-8-9-25-27(21,6)14-12-26-28(7)13-11-23(30)20(5)22(28)10-15-29(25,26)32/h17-18,20-23,25-26,30,32H,4,8-16H2,1-3,5-7H3. The minimum Gasteiger partial charge on any atom is -0.393 e. The van der Waals surface area contributed by atoms with Gasteiger partial charge in [0, 0.05) is 6.42 Å². The fourth-order valence-electron chi connectivity index (χ4n) is 9.65. The average Bonchev–Trinajstić information content (AvgIpc) is 3.08. The van der Waals surface area contributed by atoms with Gasteiger partial charge in [0.2, 0.25) is 0 Å². The summed E-state index contributed by atoms with van der Waals surface area (Å²) in [5.74, 6) is 2.83. The van der Waals surface area contributed by atoms with Gasteiger partial charge in [-0.15, -0.1) is 0 Å². The van der Waals surface area contributed by atoms with Gasteiger partial charge in [-0.25, -0.2) is 0 Å². The molecule has 0 aromatic rings. The van der Waals surface area contributed by atoms with Crippen molar-refractivity contribution in [1.82, 2.24) is 0 Å². The van der Waals surface area contributed by atoms with Gasteiger partial charge in [0.25, 0.3) is 0 Å². The summed E-state index contributed by atoms with van der Waals surface area (Å²) in [4.78, 5) is 12.8. The van der Waals surface area contributed by atoms with Crippen LogP contribution in [0.2, 0.25) is 0 Å². The van der Waals surface area contributed by atoms with Crippen LogP contribution < -0.4 is 0 Å². The van der Waals surface area contributed by atoms with Gasteiger partial charge in [0.05, 0.1) is 11.7 Å². The average molecular weight is 445 g/mol. The Morgan fingerprint density at radius 3 is 2.25 bits per heavy atom. The smallest absolute Gasteiger partial charge is 0.158 e. The SMILES string of the molecule is C=C(C(=O)CC(C)C1CCC2C1(C)CCC1C3(C)CCC(O)C(C)C3CCC21O)C(C)C. The van der Waals surface area contributed by atoms with Crippen LogP contribution in [0.3, 0.4) is 0 Å². The summed E-state index contributed by atoms with van der Waals surface area (Å²) in [5, 5.41) is 22.9. The molecule has 0 aliphatic heterocycles. The van der Waals surface area contributed by atoms with E-state index in [4.69, 9.17) is 0 Å². The molecule has 2 N–H and O–H groups in total. The summed E-state index contributed by atoms with van der Waals surface area (Å²) in [6.45, 7) is 17.5. The molecule has 3 nitrogen and oxygen atoms in total. The van der Waals surface area contributed by atoms with E-state index >= 15 is 0 Å². The predicted molar refractivity (Wildman–Crippen MR) is 130 cm³/mol. The van der Waals surface area contributed by atoms with Crippen molar-refractivity contribution in [3.63, 3.8) is 0 Å². The number of rotatable bonds is 5. The van der Waals surface area contributed by atoms with Gasteiger partial charge in [-0.3, -0.25) is 4.79 Å². The van der Waals surface area contributed by atoms with Gasteiger partial charge in [0.1, 0.15) is 0 Å². The zero-order valence-corrected chi connectivity index (χ0v) is 21.5. The number of aliphatic hydroxyl groups is 2. The van der Waals surface area contributed by atoms with E-state index < -0.39 is 5.60 Å². The summed E-state index contributed by atoms with van der Waals surface area (Å²) >= 11 is 0. The maximum atomic E-state index is 12.8. The Balaban J connectivity index is 1.56. The molecule has 4 saturated carbocycles. The second-order valence-electron chi connectivity index (χ2n) is 13.2. The summed E-state index contributed by atoms with van der Waals surface area (Å²) in [5.41, 5.74) is 0.438. The van der Waals surface area contributed by atoms with Crippen LogP contribution in [-0.4, -0.2) is 27.7 Å². The molecule has 182 valence electrons. The van der Waals surface area contributed by atoms with Crippen LogP contribution >= 0.6 is 0 Å². The van der Waals surface area contributed by atoms with Crippen molar-refractivity contribution < 1.29 is 15.0 Å². The number of aliphatic hydroxyl groups excluding tert-OH is 1. The van der Waals surface area contributed by atoms with Gasteiger partial charge in [-0.1, -0.05) is 48.1 Å². The number of fused-ring (bicyclic) bond motifs is 5. The predicted octanol–water partition coefficient (Wildman–Crippen LogP) is 6.17. The van der Waals surface area contributed by atoms with Gasteiger partial charge < -0.3 is 10.2 Å². The molecule has 0 bridgehead atoms. The Hall–Kier alpha value is -0.670. The lowest BCUT2D eigenvalue weighted by molar-refractivity contribution is -0.235. The molecular formula is C29H48O3. The highest BCUT2D eigenvalue weighted by Crippen LogP contribution is 2.70. The maximum absolute atomic E-state index is 12.8. The zero-order chi connectivity index (χ0) is 23.6. The summed E-state index contributed by atoms with van der Waals surface area (Å²) in [6.07, 6.45) is 8.76. The molecule has 3 heteroatoms. The molecule has 0 saturated heterocycles. The highest BCUT2D eigenvalue weighted by Gasteiger charge is 2.67. The molecule has 0 radical (unpaired) electrons. The van der Waals surface area contributed by atoms with Crippen molar-refractivity contribution in [1.29, 1.82) is 0 Å². The van der Waals surface area contributed by atoms with Crippen molar-refractivity contribution in [2.24, 2.45) is 52.3 Å². The van der Waals surface area contributed by atoms with Crippen molar-refractivity contribution >= 4 is 5.78 Å². The quantitative estimate of drug-likeness (QED) is 0.498. The van der Waals surface area contributed by atoms with E-state index in [0.29, 0.717) is 41.9 Å². The highest BCUT2D eigenvalue weighted by molar-refractivity contribution is 5.95. The lowest BCUT2D eigenvalue weighted by Crippen LogP contribution is -2.65. The normalized spacial score (nSPS) is 49.2. The van der Waals surface area contributed by atoms with E-state index in [-0.39, 0.29) is 28.6 Å². The van der Waals surface area contributed by atoms with Crippen LogP contribution in [0.15, 0.2) is 12.2 Å². The summed E-state index contributed by atoms with van der Waals surface area (Å²) in [6, 6.07) is 0. The summed E-state index contributed by atoms with van der Waals surface area (Å²) < 4.78 is 0. The van der Waals surface area contributed by atoms with Gasteiger partial charge in [-0.2, -0.15) is 0 Å². The van der Waals surface area contributed by atoms with Crippen LogP contribution in [0.1, 0.15) is 99.3 Å². The molecule has 10 atom stereocenters. The van der Waals surface area contributed by atoms with Crippen LogP contribution in [0, 0.1) is 52.3 Å². The first-order chi connectivity index (χ1) is 14.9. The highest BCUT2D eigenvalue weighted by atomic mass is 16.3. The van der Waals surface area contributed by atoms with E-state index in [1.807, 2.05) is 0 Å². The Labute approximate surface area is 196 Å².